The smallest absolute Gasteiger partial charge is 0.0318 e. The third-order valence-corrected chi connectivity index (χ3v) is 4.38. The molecule has 2 bridgehead atoms. The Kier molecular flexibility index (Phi) is 2.42. The molecule has 0 aromatic carbocycles. The Morgan fingerprint density at radius 2 is 1.92 bits per heavy atom. The maximum absolute atomic E-state index is 2.54. The fraction of sp³-hybridized carbons (Fsp3) is 1.00. The summed E-state index contributed by atoms with van der Waals surface area (Å²) >= 11 is 0. The van der Waals surface area contributed by atoms with Crippen molar-refractivity contribution in [3.05, 3.63) is 0 Å². The van der Waals surface area contributed by atoms with Crippen LogP contribution in [0.2, 0.25) is 0 Å². The van der Waals surface area contributed by atoms with E-state index in [2.05, 4.69) is 20.8 Å². The van der Waals surface area contributed by atoms with Crippen LogP contribution in [0.5, 0.6) is 0 Å². The molecule has 2 rings (SSSR count). The molecule has 0 heterocycles. The van der Waals surface area contributed by atoms with Crippen LogP contribution in [0.15, 0.2) is 0 Å². The van der Waals surface area contributed by atoms with Crippen molar-refractivity contribution >= 4 is 0 Å². The molecule has 76 valence electrons. The topological polar surface area (TPSA) is 0 Å². The Bertz CT molecular complexity index is 180. The molecule has 0 aliphatic heterocycles. The van der Waals surface area contributed by atoms with E-state index >= 15 is 0 Å². The highest BCUT2D eigenvalue weighted by atomic mass is 14.5. The molecule has 4 atom stereocenters. The highest BCUT2D eigenvalue weighted by Crippen LogP contribution is 2.52. The summed E-state index contributed by atoms with van der Waals surface area (Å²) in [5.41, 5.74) is 0.723. The average Bonchev–Trinajstić information content (AvgIpc) is 1.99. The van der Waals surface area contributed by atoms with Crippen LogP contribution in [0.3, 0.4) is 0 Å². The van der Waals surface area contributed by atoms with Crippen molar-refractivity contribution in [2.75, 3.05) is 0 Å². The molecule has 0 amide bonds. The lowest BCUT2D eigenvalue weighted by Gasteiger charge is -2.48. The van der Waals surface area contributed by atoms with Gasteiger partial charge in [-0.1, -0.05) is 27.2 Å². The second-order valence-corrected chi connectivity index (χ2v) is 6.14. The summed E-state index contributed by atoms with van der Waals surface area (Å²) in [7, 11) is 0. The Hall–Kier alpha value is 0. The highest BCUT2D eigenvalue weighted by Gasteiger charge is 2.41. The average molecular weight is 180 g/mol. The van der Waals surface area contributed by atoms with Crippen LogP contribution >= 0.6 is 0 Å². The molecule has 2 saturated carbocycles. The largest absolute Gasteiger partial charge is 0.0651 e. The maximum Gasteiger partial charge on any atom is -0.0318 e. The van der Waals surface area contributed by atoms with Gasteiger partial charge in [0.2, 0.25) is 0 Å². The maximum atomic E-state index is 2.54. The number of rotatable bonds is 1. The molecular formula is C13H24. The third kappa shape index (κ3) is 1.92. The lowest BCUT2D eigenvalue weighted by Crippen LogP contribution is -2.37. The minimum absolute atomic E-state index is 0.723. The van der Waals surface area contributed by atoms with Crippen molar-refractivity contribution in [1.29, 1.82) is 0 Å². The lowest BCUT2D eigenvalue weighted by molar-refractivity contribution is 0.0266. The zero-order valence-electron chi connectivity index (χ0n) is 9.47. The molecule has 0 saturated heterocycles. The predicted molar refractivity (Wildman–Crippen MR) is 57.6 cm³/mol. The van der Waals surface area contributed by atoms with E-state index < -0.39 is 0 Å². The first kappa shape index (κ1) is 9.55. The molecule has 0 radical (unpaired) electrons. The van der Waals surface area contributed by atoms with E-state index in [-0.39, 0.29) is 0 Å². The van der Waals surface area contributed by atoms with Gasteiger partial charge < -0.3 is 0 Å². The van der Waals surface area contributed by atoms with E-state index in [1.807, 2.05) is 0 Å². The van der Waals surface area contributed by atoms with E-state index in [9.17, 15) is 0 Å². The first-order valence-electron chi connectivity index (χ1n) is 6.11. The fourth-order valence-electron chi connectivity index (χ4n) is 4.27. The van der Waals surface area contributed by atoms with Crippen LogP contribution < -0.4 is 0 Å². The summed E-state index contributed by atoms with van der Waals surface area (Å²) in [4.78, 5) is 0. The van der Waals surface area contributed by atoms with Crippen molar-refractivity contribution in [1.82, 2.24) is 0 Å². The molecule has 0 nitrogen and oxygen atoms in total. The van der Waals surface area contributed by atoms with Gasteiger partial charge in [0.15, 0.2) is 0 Å². The summed E-state index contributed by atoms with van der Waals surface area (Å²) in [6.07, 6.45) is 9.03. The van der Waals surface area contributed by atoms with Crippen molar-refractivity contribution in [3.8, 4) is 0 Å². The van der Waals surface area contributed by atoms with Gasteiger partial charge in [0.05, 0.1) is 0 Å². The van der Waals surface area contributed by atoms with Gasteiger partial charge in [0.25, 0.3) is 0 Å². The first-order chi connectivity index (χ1) is 6.11. The van der Waals surface area contributed by atoms with Crippen LogP contribution in [-0.4, -0.2) is 0 Å². The molecule has 0 N–H and O–H groups in total. The van der Waals surface area contributed by atoms with Gasteiger partial charge in [0, 0.05) is 0 Å². The molecule has 0 aromatic heterocycles. The fourth-order valence-corrected chi connectivity index (χ4v) is 4.27. The summed E-state index contributed by atoms with van der Waals surface area (Å²) in [5, 5.41) is 0. The summed E-state index contributed by atoms with van der Waals surface area (Å²) in [6.45, 7) is 7.37. The van der Waals surface area contributed by atoms with Gasteiger partial charge >= 0.3 is 0 Å². The quantitative estimate of drug-likeness (QED) is 0.566. The zero-order valence-corrected chi connectivity index (χ0v) is 9.47. The van der Waals surface area contributed by atoms with E-state index in [1.54, 1.807) is 0 Å². The van der Waals surface area contributed by atoms with Crippen molar-refractivity contribution < 1.29 is 0 Å². The molecule has 4 unspecified atom stereocenters. The standard InChI is InChI=1S/C13H24/c1-4-11-6-12-5-10(2)7-13(3,8-11)9-12/h10-12H,4-9H2,1-3H3. The van der Waals surface area contributed by atoms with Crippen LogP contribution in [-0.2, 0) is 0 Å². The van der Waals surface area contributed by atoms with Crippen molar-refractivity contribution in [3.63, 3.8) is 0 Å². The molecule has 0 aromatic rings. The van der Waals surface area contributed by atoms with E-state index in [1.165, 1.54) is 38.5 Å². The third-order valence-electron chi connectivity index (χ3n) is 4.38. The lowest BCUT2D eigenvalue weighted by atomic mass is 9.57. The van der Waals surface area contributed by atoms with Gasteiger partial charge in [0.1, 0.15) is 0 Å². The van der Waals surface area contributed by atoms with Gasteiger partial charge in [-0.15, -0.1) is 0 Å². The predicted octanol–water partition coefficient (Wildman–Crippen LogP) is 4.25. The van der Waals surface area contributed by atoms with Crippen LogP contribution in [0.4, 0.5) is 0 Å². The van der Waals surface area contributed by atoms with Crippen molar-refractivity contribution in [2.45, 2.75) is 59.3 Å². The van der Waals surface area contributed by atoms with Gasteiger partial charge in [-0.25, -0.2) is 0 Å². The Labute approximate surface area is 83.1 Å². The van der Waals surface area contributed by atoms with Crippen LogP contribution in [0.25, 0.3) is 0 Å². The van der Waals surface area contributed by atoms with E-state index in [4.69, 9.17) is 0 Å². The van der Waals surface area contributed by atoms with E-state index in [0.717, 1.165) is 23.2 Å². The van der Waals surface area contributed by atoms with Crippen LogP contribution in [0, 0.1) is 23.2 Å². The Balaban J connectivity index is 2.08. The van der Waals surface area contributed by atoms with Gasteiger partial charge in [-0.05, 0) is 55.3 Å². The molecule has 2 aliphatic carbocycles. The minimum Gasteiger partial charge on any atom is -0.0651 e. The first-order valence-corrected chi connectivity index (χ1v) is 6.11. The Morgan fingerprint density at radius 1 is 1.15 bits per heavy atom. The van der Waals surface area contributed by atoms with Gasteiger partial charge in [-0.2, -0.15) is 0 Å². The SMILES string of the molecule is CCC1CC2CC(C)CC(C)(C1)C2. The van der Waals surface area contributed by atoms with Gasteiger partial charge in [-0.3, -0.25) is 0 Å². The van der Waals surface area contributed by atoms with E-state index in [0.29, 0.717) is 0 Å². The van der Waals surface area contributed by atoms with Crippen molar-refractivity contribution in [2.24, 2.45) is 23.2 Å². The molecule has 13 heavy (non-hydrogen) atoms. The second kappa shape index (κ2) is 3.29. The molecule has 2 aliphatic rings. The molecule has 0 heteroatoms. The number of hydrogen-bond acceptors (Lipinski definition) is 0. The number of fused-ring (bicyclic) bond motifs is 2. The van der Waals surface area contributed by atoms with Crippen LogP contribution in [0.1, 0.15) is 59.3 Å². The Morgan fingerprint density at radius 3 is 2.54 bits per heavy atom. The molecule has 0 spiro atoms. The highest BCUT2D eigenvalue weighted by molar-refractivity contribution is 4.92. The monoisotopic (exact) mass is 180 g/mol. The summed E-state index contributed by atoms with van der Waals surface area (Å²) in [6, 6.07) is 0. The molecule has 2 fully saturated rings. The summed E-state index contributed by atoms with van der Waals surface area (Å²) in [5.74, 6) is 3.13. The molecular weight excluding hydrogens is 156 g/mol. The zero-order chi connectivity index (χ0) is 9.47. The number of hydrogen-bond donors (Lipinski definition) is 0. The second-order valence-electron chi connectivity index (χ2n) is 6.14. The normalized spacial score (nSPS) is 50.5. The summed E-state index contributed by atoms with van der Waals surface area (Å²) < 4.78 is 0. The minimum atomic E-state index is 0.723.